The van der Waals surface area contributed by atoms with Gasteiger partial charge in [-0.2, -0.15) is 5.10 Å². The molecule has 10 nitrogen and oxygen atoms in total. The number of fused-ring (bicyclic) bond motifs is 1. The van der Waals surface area contributed by atoms with Crippen LogP contribution < -0.4 is 20.9 Å². The van der Waals surface area contributed by atoms with Crippen LogP contribution in [0.1, 0.15) is 0 Å². The van der Waals surface area contributed by atoms with Crippen molar-refractivity contribution in [2.24, 2.45) is 0 Å². The Morgan fingerprint density at radius 3 is 2.79 bits per heavy atom. The molecule has 11 heteroatoms. The number of hydrogen-bond donors (Lipinski definition) is 4. The molecule has 0 aliphatic rings. The number of hydrogen-bond acceptors (Lipinski definition) is 6. The van der Waals surface area contributed by atoms with Gasteiger partial charge in [0.2, 0.25) is 0 Å². The number of halogens is 1. The molecule has 2 amide bonds. The van der Waals surface area contributed by atoms with Crippen LogP contribution in [0.3, 0.4) is 0 Å². The van der Waals surface area contributed by atoms with Crippen LogP contribution in [0.4, 0.5) is 20.7 Å². The second-order valence-electron chi connectivity index (χ2n) is 5.55. The molecule has 28 heavy (non-hydrogen) atoms. The highest BCUT2D eigenvalue weighted by atomic mass is 19.1. The van der Waals surface area contributed by atoms with Crippen molar-refractivity contribution in [2.45, 2.75) is 0 Å². The fraction of sp³-hybridized carbons (Fsp3) is 0. The molecule has 4 N–H and O–H groups in total. The summed E-state index contributed by atoms with van der Waals surface area (Å²) in [4.78, 5) is 33.9. The predicted molar refractivity (Wildman–Crippen MR) is 97.9 cm³/mol. The van der Waals surface area contributed by atoms with Crippen LogP contribution in [0.5, 0.6) is 11.5 Å². The number of H-pyrrole nitrogens is 2. The van der Waals surface area contributed by atoms with E-state index in [2.05, 4.69) is 35.8 Å². The summed E-state index contributed by atoms with van der Waals surface area (Å²) < 4.78 is 20.0. The summed E-state index contributed by atoms with van der Waals surface area (Å²) in [5.74, 6) is 0.0776. The van der Waals surface area contributed by atoms with Crippen LogP contribution in [0, 0.1) is 5.82 Å². The monoisotopic (exact) mass is 381 g/mol. The minimum atomic E-state index is -0.706. The van der Waals surface area contributed by atoms with E-state index in [1.165, 1.54) is 30.6 Å². The normalized spacial score (nSPS) is 10.6. The highest BCUT2D eigenvalue weighted by Crippen LogP contribution is 2.28. The average molecular weight is 381 g/mol. The quantitative estimate of drug-likeness (QED) is 0.429. The molecular weight excluding hydrogens is 369 g/mol. The molecule has 4 rings (SSSR count). The van der Waals surface area contributed by atoms with Crippen molar-refractivity contribution in [1.29, 1.82) is 0 Å². The van der Waals surface area contributed by atoms with Gasteiger partial charge < -0.3 is 15.0 Å². The van der Waals surface area contributed by atoms with Gasteiger partial charge in [-0.3, -0.25) is 15.2 Å². The summed E-state index contributed by atoms with van der Waals surface area (Å²) in [6, 6.07) is 6.34. The third-order valence-electron chi connectivity index (χ3n) is 3.61. The van der Waals surface area contributed by atoms with Crippen molar-refractivity contribution in [3.8, 4) is 11.5 Å². The number of aromatic nitrogens is 5. The average Bonchev–Trinajstić information content (AvgIpc) is 3.17. The van der Waals surface area contributed by atoms with Gasteiger partial charge >= 0.3 is 6.03 Å². The summed E-state index contributed by atoms with van der Waals surface area (Å²) in [5, 5.41) is 11.1. The maximum absolute atomic E-state index is 14.3. The molecule has 4 aromatic rings. The van der Waals surface area contributed by atoms with Crippen molar-refractivity contribution in [1.82, 2.24) is 25.1 Å². The summed E-state index contributed by atoms with van der Waals surface area (Å²) in [6.07, 6.45) is 4.02. The van der Waals surface area contributed by atoms with E-state index in [0.717, 1.165) is 12.3 Å². The van der Waals surface area contributed by atoms with Crippen LogP contribution in [0.25, 0.3) is 11.2 Å². The molecule has 0 unspecified atom stereocenters. The van der Waals surface area contributed by atoms with E-state index >= 15 is 0 Å². The molecule has 0 bridgehead atoms. The lowest BCUT2D eigenvalue weighted by atomic mass is 10.3. The van der Waals surface area contributed by atoms with E-state index in [1.54, 1.807) is 6.07 Å². The Labute approximate surface area is 155 Å². The number of anilines is 2. The number of rotatable bonds is 4. The maximum Gasteiger partial charge on any atom is 0.324 e. The zero-order valence-electron chi connectivity index (χ0n) is 14.1. The smallest absolute Gasteiger partial charge is 0.324 e. The number of nitrogens with zero attached hydrogens (tertiary/aromatic N) is 3. The Morgan fingerprint density at radius 2 is 2.00 bits per heavy atom. The number of carbonyl (C=O) groups excluding carboxylic acids is 1. The van der Waals surface area contributed by atoms with E-state index in [4.69, 9.17) is 4.74 Å². The first-order valence-corrected chi connectivity index (χ1v) is 7.97. The third-order valence-corrected chi connectivity index (χ3v) is 3.61. The summed E-state index contributed by atoms with van der Waals surface area (Å²) >= 11 is 0. The first-order chi connectivity index (χ1) is 13.6. The Balaban J connectivity index is 1.53. The first-order valence-electron chi connectivity index (χ1n) is 7.97. The molecule has 0 saturated heterocycles. The van der Waals surface area contributed by atoms with Gasteiger partial charge in [0.25, 0.3) is 5.56 Å². The Morgan fingerprint density at radius 1 is 1.11 bits per heavy atom. The molecule has 0 saturated carbocycles. The van der Waals surface area contributed by atoms with Gasteiger partial charge in [-0.05, 0) is 12.1 Å². The molecule has 140 valence electrons. The zero-order chi connectivity index (χ0) is 19.5. The molecule has 3 heterocycles. The van der Waals surface area contributed by atoms with Crippen LogP contribution in [0.15, 0.2) is 53.7 Å². The lowest BCUT2D eigenvalue weighted by Gasteiger charge is -2.10. The number of urea groups is 1. The second kappa shape index (κ2) is 7.15. The number of nitrogens with one attached hydrogen (secondary N) is 4. The maximum atomic E-state index is 14.3. The number of carbonyl (C=O) groups is 1. The Bertz CT molecular complexity index is 1210. The van der Waals surface area contributed by atoms with Crippen molar-refractivity contribution >= 4 is 28.7 Å². The fourth-order valence-electron chi connectivity index (χ4n) is 2.40. The van der Waals surface area contributed by atoms with E-state index in [-0.39, 0.29) is 28.4 Å². The van der Waals surface area contributed by atoms with Gasteiger partial charge in [0.15, 0.2) is 11.4 Å². The summed E-state index contributed by atoms with van der Waals surface area (Å²) in [5.41, 5.74) is 0.112. The number of amides is 2. The van der Waals surface area contributed by atoms with Crippen molar-refractivity contribution in [3.05, 3.63) is 65.1 Å². The standard InChI is InChI=1S/C17H12FN7O3/c18-10-7-9(1-2-11(10)22-17(27)23-13-4-6-21-25-13)28-12-3-5-19-16-15(12)24-14(26)8-20-16/h1-8H,(H,24,26)(H3,21,22,23,25,27). The third kappa shape index (κ3) is 3.62. The van der Waals surface area contributed by atoms with E-state index in [9.17, 15) is 14.0 Å². The minimum absolute atomic E-state index is 0.0426. The molecule has 0 aliphatic heterocycles. The van der Waals surface area contributed by atoms with Crippen molar-refractivity contribution in [3.63, 3.8) is 0 Å². The summed E-state index contributed by atoms with van der Waals surface area (Å²) in [6.45, 7) is 0. The SMILES string of the molecule is O=C(Nc1ccn[nH]1)Nc1ccc(Oc2ccnc3ncc(=O)[nH]c23)cc1F. The molecule has 0 radical (unpaired) electrons. The Kier molecular flexibility index (Phi) is 4.38. The fourth-order valence-corrected chi connectivity index (χ4v) is 2.40. The number of benzene rings is 1. The highest BCUT2D eigenvalue weighted by molar-refractivity contribution is 5.99. The van der Waals surface area contributed by atoms with Gasteiger partial charge in [0.1, 0.15) is 22.9 Å². The topological polar surface area (TPSA) is 138 Å². The van der Waals surface area contributed by atoms with Crippen molar-refractivity contribution < 1.29 is 13.9 Å². The van der Waals surface area contributed by atoms with Crippen LogP contribution in [-0.4, -0.2) is 31.2 Å². The van der Waals surface area contributed by atoms with E-state index < -0.39 is 17.4 Å². The molecule has 0 fully saturated rings. The molecule has 1 aromatic carbocycles. The number of ether oxygens (including phenoxy) is 1. The van der Waals surface area contributed by atoms with Gasteiger partial charge in [-0.1, -0.05) is 0 Å². The zero-order valence-corrected chi connectivity index (χ0v) is 14.1. The largest absolute Gasteiger partial charge is 0.455 e. The lowest BCUT2D eigenvalue weighted by Crippen LogP contribution is -2.20. The van der Waals surface area contributed by atoms with E-state index in [0.29, 0.717) is 5.82 Å². The van der Waals surface area contributed by atoms with Crippen LogP contribution in [0.2, 0.25) is 0 Å². The number of pyridine rings is 1. The minimum Gasteiger partial charge on any atom is -0.455 e. The van der Waals surface area contributed by atoms with Gasteiger partial charge in [-0.15, -0.1) is 0 Å². The van der Waals surface area contributed by atoms with Crippen LogP contribution in [-0.2, 0) is 0 Å². The molecule has 0 spiro atoms. The van der Waals surface area contributed by atoms with Crippen LogP contribution >= 0.6 is 0 Å². The molecule has 0 aliphatic carbocycles. The van der Waals surface area contributed by atoms with Gasteiger partial charge in [-0.25, -0.2) is 19.2 Å². The van der Waals surface area contributed by atoms with E-state index in [1.807, 2.05) is 0 Å². The predicted octanol–water partition coefficient (Wildman–Crippen LogP) is 2.62. The van der Waals surface area contributed by atoms with Gasteiger partial charge in [0.05, 0.1) is 18.1 Å². The lowest BCUT2D eigenvalue weighted by molar-refractivity contribution is 0.262. The highest BCUT2D eigenvalue weighted by Gasteiger charge is 2.11. The second-order valence-corrected chi connectivity index (χ2v) is 5.55. The number of aromatic amines is 2. The molecule has 3 aromatic heterocycles. The molecular formula is C17H12FN7O3. The first kappa shape index (κ1) is 17.1. The molecule has 0 atom stereocenters. The Hall–Kier alpha value is -4.28. The summed E-state index contributed by atoms with van der Waals surface area (Å²) in [7, 11) is 0. The van der Waals surface area contributed by atoms with Crippen molar-refractivity contribution in [2.75, 3.05) is 10.6 Å². The van der Waals surface area contributed by atoms with Gasteiger partial charge in [0, 0.05) is 24.4 Å².